The van der Waals surface area contributed by atoms with Gasteiger partial charge in [-0.15, -0.1) is 12.4 Å². The number of fused-ring (bicyclic) bond motifs is 2. The van der Waals surface area contributed by atoms with E-state index in [1.54, 1.807) is 6.07 Å². The third kappa shape index (κ3) is 3.05. The minimum Gasteiger partial charge on any atom is -0.504 e. The molecular weight excluding hydrogens is 370 g/mol. The second-order valence-electron chi connectivity index (χ2n) is 7.59. The zero-order chi connectivity index (χ0) is 18.4. The Hall–Kier alpha value is -2.49. The number of benzene rings is 3. The number of rotatable bonds is 3. The van der Waals surface area contributed by atoms with Crippen LogP contribution >= 0.6 is 12.4 Å². The zero-order valence-corrected chi connectivity index (χ0v) is 16.5. The molecular formula is C24H24ClNO2. The molecule has 1 aliphatic carbocycles. The van der Waals surface area contributed by atoms with E-state index in [9.17, 15) is 10.2 Å². The molecule has 0 saturated heterocycles. The van der Waals surface area contributed by atoms with E-state index in [1.165, 1.54) is 16.7 Å². The van der Waals surface area contributed by atoms with E-state index >= 15 is 0 Å². The Labute approximate surface area is 171 Å². The van der Waals surface area contributed by atoms with Crippen LogP contribution in [0.5, 0.6) is 11.5 Å². The van der Waals surface area contributed by atoms with Gasteiger partial charge in [0.2, 0.25) is 0 Å². The SMILES string of the molecule is Cl.Oc1ccc2c(c1O)-c1cccc3c1[C@@H](C2)N(CCc1ccccc1)CC3. The molecule has 144 valence electrons. The Balaban J connectivity index is 0.00000192. The molecule has 28 heavy (non-hydrogen) atoms. The van der Waals surface area contributed by atoms with Crippen molar-refractivity contribution in [2.24, 2.45) is 0 Å². The lowest BCUT2D eigenvalue weighted by Gasteiger charge is -2.42. The van der Waals surface area contributed by atoms with Gasteiger partial charge in [0.25, 0.3) is 0 Å². The van der Waals surface area contributed by atoms with Crippen LogP contribution in [0, 0.1) is 0 Å². The van der Waals surface area contributed by atoms with Crippen LogP contribution in [-0.2, 0) is 19.3 Å². The molecule has 1 aliphatic heterocycles. The van der Waals surface area contributed by atoms with Crippen LogP contribution in [0.25, 0.3) is 11.1 Å². The van der Waals surface area contributed by atoms with Gasteiger partial charge in [-0.1, -0.05) is 54.6 Å². The summed E-state index contributed by atoms with van der Waals surface area (Å²) in [5.74, 6) is -0.0256. The van der Waals surface area contributed by atoms with E-state index in [-0.39, 0.29) is 23.9 Å². The lowest BCUT2D eigenvalue weighted by atomic mass is 9.76. The zero-order valence-electron chi connectivity index (χ0n) is 15.6. The van der Waals surface area contributed by atoms with Crippen molar-refractivity contribution in [3.05, 3.63) is 82.9 Å². The van der Waals surface area contributed by atoms with Crippen molar-refractivity contribution in [2.45, 2.75) is 25.3 Å². The highest BCUT2D eigenvalue weighted by atomic mass is 35.5. The first-order valence-corrected chi connectivity index (χ1v) is 9.66. The smallest absolute Gasteiger partial charge is 0.165 e. The van der Waals surface area contributed by atoms with Gasteiger partial charge in [-0.05, 0) is 53.1 Å². The molecule has 5 rings (SSSR count). The summed E-state index contributed by atoms with van der Waals surface area (Å²) < 4.78 is 0. The van der Waals surface area contributed by atoms with Crippen molar-refractivity contribution in [3.8, 4) is 22.6 Å². The summed E-state index contributed by atoms with van der Waals surface area (Å²) in [6.07, 6.45) is 2.95. The molecule has 3 aromatic rings. The van der Waals surface area contributed by atoms with Gasteiger partial charge in [0, 0.05) is 24.7 Å². The Morgan fingerprint density at radius 1 is 0.893 bits per heavy atom. The third-order valence-corrected chi connectivity index (χ3v) is 6.09. The van der Waals surface area contributed by atoms with Crippen molar-refractivity contribution in [1.82, 2.24) is 4.90 Å². The molecule has 0 unspecified atom stereocenters. The van der Waals surface area contributed by atoms with Crippen LogP contribution in [0.15, 0.2) is 60.7 Å². The average molecular weight is 394 g/mol. The van der Waals surface area contributed by atoms with Gasteiger partial charge < -0.3 is 10.2 Å². The number of hydrogen-bond donors (Lipinski definition) is 2. The van der Waals surface area contributed by atoms with Crippen molar-refractivity contribution in [2.75, 3.05) is 13.1 Å². The van der Waals surface area contributed by atoms with Crippen LogP contribution < -0.4 is 0 Å². The molecule has 3 nitrogen and oxygen atoms in total. The highest BCUT2D eigenvalue weighted by molar-refractivity contribution is 5.85. The molecule has 0 saturated carbocycles. The Morgan fingerprint density at radius 2 is 1.71 bits per heavy atom. The summed E-state index contributed by atoms with van der Waals surface area (Å²) in [5, 5.41) is 20.5. The maximum atomic E-state index is 10.5. The molecule has 0 bridgehead atoms. The number of phenolic OH excluding ortho intramolecular Hbond substituents is 2. The van der Waals surface area contributed by atoms with Gasteiger partial charge in [0.1, 0.15) is 0 Å². The summed E-state index contributed by atoms with van der Waals surface area (Å²) in [4.78, 5) is 2.59. The Bertz CT molecular complexity index is 1000. The van der Waals surface area contributed by atoms with E-state index in [0.29, 0.717) is 6.04 Å². The highest BCUT2D eigenvalue weighted by Crippen LogP contribution is 2.50. The number of phenols is 2. The molecule has 0 aromatic heterocycles. The molecule has 2 aliphatic rings. The minimum atomic E-state index is -0.0402. The van der Waals surface area contributed by atoms with Crippen LogP contribution in [0.3, 0.4) is 0 Å². The first-order chi connectivity index (χ1) is 13.2. The minimum absolute atomic E-state index is 0. The molecule has 1 heterocycles. The molecule has 0 radical (unpaired) electrons. The normalized spacial score (nSPS) is 17.4. The molecule has 4 heteroatoms. The Kier molecular flexibility index (Phi) is 5.05. The molecule has 0 spiro atoms. The lowest BCUT2D eigenvalue weighted by molar-refractivity contribution is 0.184. The molecule has 2 N–H and O–H groups in total. The summed E-state index contributed by atoms with van der Waals surface area (Å²) in [6.45, 7) is 2.09. The molecule has 0 amide bonds. The van der Waals surface area contributed by atoms with Gasteiger partial charge >= 0.3 is 0 Å². The number of halogens is 1. The van der Waals surface area contributed by atoms with E-state index in [4.69, 9.17) is 0 Å². The Morgan fingerprint density at radius 3 is 2.54 bits per heavy atom. The topological polar surface area (TPSA) is 43.7 Å². The fourth-order valence-corrected chi connectivity index (χ4v) is 4.76. The maximum Gasteiger partial charge on any atom is 0.165 e. The average Bonchev–Trinajstić information content (AvgIpc) is 2.71. The summed E-state index contributed by atoms with van der Waals surface area (Å²) in [6, 6.07) is 20.9. The monoisotopic (exact) mass is 393 g/mol. The molecule has 3 aromatic carbocycles. The predicted octanol–water partition coefficient (Wildman–Crippen LogP) is 4.88. The standard InChI is InChI=1S/C24H23NO2.ClH/c26-21-10-9-18-15-20-22-17(7-4-8-19(22)23(18)24(21)27)12-14-25(20)13-11-16-5-2-1-3-6-16;/h1-10,20,26-27H,11-15H2;1H/t20-;/m1./s1. The fraction of sp³-hybridized carbons (Fsp3) is 0.250. The highest BCUT2D eigenvalue weighted by Gasteiger charge is 2.35. The maximum absolute atomic E-state index is 10.5. The predicted molar refractivity (Wildman–Crippen MR) is 114 cm³/mol. The van der Waals surface area contributed by atoms with Crippen LogP contribution in [-0.4, -0.2) is 28.2 Å². The van der Waals surface area contributed by atoms with E-state index in [0.717, 1.165) is 49.0 Å². The van der Waals surface area contributed by atoms with Crippen molar-refractivity contribution >= 4 is 12.4 Å². The summed E-state index contributed by atoms with van der Waals surface area (Å²) in [7, 11) is 0. The summed E-state index contributed by atoms with van der Waals surface area (Å²) in [5.41, 5.74) is 7.10. The fourth-order valence-electron chi connectivity index (χ4n) is 4.76. The number of hydrogen-bond acceptors (Lipinski definition) is 3. The number of aromatic hydroxyl groups is 2. The van der Waals surface area contributed by atoms with E-state index in [1.807, 2.05) is 6.07 Å². The first-order valence-electron chi connectivity index (χ1n) is 9.66. The van der Waals surface area contributed by atoms with Gasteiger partial charge in [-0.25, -0.2) is 0 Å². The van der Waals surface area contributed by atoms with Crippen LogP contribution in [0.4, 0.5) is 0 Å². The van der Waals surface area contributed by atoms with Gasteiger partial charge in [-0.2, -0.15) is 0 Å². The lowest BCUT2D eigenvalue weighted by Crippen LogP contribution is -2.39. The first kappa shape index (κ1) is 18.9. The third-order valence-electron chi connectivity index (χ3n) is 6.09. The largest absolute Gasteiger partial charge is 0.504 e. The van der Waals surface area contributed by atoms with Gasteiger partial charge in [-0.3, -0.25) is 4.90 Å². The van der Waals surface area contributed by atoms with Gasteiger partial charge in [0.15, 0.2) is 11.5 Å². The van der Waals surface area contributed by atoms with Crippen molar-refractivity contribution in [3.63, 3.8) is 0 Å². The van der Waals surface area contributed by atoms with Crippen LogP contribution in [0.1, 0.15) is 28.3 Å². The second-order valence-corrected chi connectivity index (χ2v) is 7.59. The van der Waals surface area contributed by atoms with E-state index < -0.39 is 0 Å². The number of nitrogens with zero attached hydrogens (tertiary/aromatic N) is 1. The van der Waals surface area contributed by atoms with Gasteiger partial charge in [0.05, 0.1) is 0 Å². The van der Waals surface area contributed by atoms with Crippen molar-refractivity contribution < 1.29 is 10.2 Å². The molecule has 0 fully saturated rings. The summed E-state index contributed by atoms with van der Waals surface area (Å²) >= 11 is 0. The quantitative estimate of drug-likeness (QED) is 0.623. The van der Waals surface area contributed by atoms with Crippen molar-refractivity contribution in [1.29, 1.82) is 0 Å². The van der Waals surface area contributed by atoms with E-state index in [2.05, 4.69) is 53.4 Å². The molecule has 1 atom stereocenters. The second kappa shape index (κ2) is 7.50. The van der Waals surface area contributed by atoms with Crippen LogP contribution in [0.2, 0.25) is 0 Å².